The van der Waals surface area contributed by atoms with E-state index in [2.05, 4.69) is 12.1 Å². The van der Waals surface area contributed by atoms with Gasteiger partial charge in [0.15, 0.2) is 5.78 Å². The average Bonchev–Trinajstić information content (AvgIpc) is 2.60. The van der Waals surface area contributed by atoms with Crippen molar-refractivity contribution in [2.24, 2.45) is 5.92 Å². The largest absolute Gasteiger partial charge is 0.458 e. The number of carbonyl (C=O) groups is 2. The van der Waals surface area contributed by atoms with Crippen LogP contribution < -0.4 is 0 Å². The number of rotatable bonds is 9. The standard InChI is InChI=1S/C20H28O3/c21-19(13-7-12-17-8-3-1-4-9-17)16-23-20(22)15-14-18-10-5-2-6-11-18/h1,3-4,8-9,18H,2,5-7,10-16H2. The van der Waals surface area contributed by atoms with Gasteiger partial charge in [-0.2, -0.15) is 0 Å². The Labute approximate surface area is 139 Å². The van der Waals surface area contributed by atoms with Gasteiger partial charge in [-0.1, -0.05) is 62.4 Å². The maximum atomic E-state index is 11.8. The maximum absolute atomic E-state index is 11.8. The first-order valence-corrected chi connectivity index (χ1v) is 8.95. The molecule has 1 aliphatic rings. The van der Waals surface area contributed by atoms with Gasteiger partial charge < -0.3 is 4.74 Å². The van der Waals surface area contributed by atoms with Crippen LogP contribution in [0.2, 0.25) is 0 Å². The minimum atomic E-state index is -0.216. The van der Waals surface area contributed by atoms with Gasteiger partial charge in [0.2, 0.25) is 0 Å². The van der Waals surface area contributed by atoms with Crippen LogP contribution in [0.5, 0.6) is 0 Å². The monoisotopic (exact) mass is 316 g/mol. The lowest BCUT2D eigenvalue weighted by molar-refractivity contribution is -0.148. The molecular weight excluding hydrogens is 288 g/mol. The summed E-state index contributed by atoms with van der Waals surface area (Å²) >= 11 is 0. The molecule has 126 valence electrons. The van der Waals surface area contributed by atoms with E-state index >= 15 is 0 Å². The van der Waals surface area contributed by atoms with E-state index in [4.69, 9.17) is 4.74 Å². The fourth-order valence-corrected chi connectivity index (χ4v) is 3.24. The molecule has 0 atom stereocenters. The molecule has 0 spiro atoms. The molecule has 0 aromatic heterocycles. The zero-order valence-electron chi connectivity index (χ0n) is 14.0. The van der Waals surface area contributed by atoms with Gasteiger partial charge in [-0.05, 0) is 30.7 Å². The Kier molecular flexibility index (Phi) is 7.85. The van der Waals surface area contributed by atoms with E-state index in [1.54, 1.807) is 0 Å². The third-order valence-corrected chi connectivity index (χ3v) is 4.64. The predicted molar refractivity (Wildman–Crippen MR) is 91.2 cm³/mol. The third-order valence-electron chi connectivity index (χ3n) is 4.64. The van der Waals surface area contributed by atoms with Crippen LogP contribution >= 0.6 is 0 Å². The first-order valence-electron chi connectivity index (χ1n) is 8.95. The number of carbonyl (C=O) groups excluding carboxylic acids is 2. The maximum Gasteiger partial charge on any atom is 0.306 e. The van der Waals surface area contributed by atoms with Gasteiger partial charge in [0.05, 0.1) is 0 Å². The van der Waals surface area contributed by atoms with E-state index in [9.17, 15) is 9.59 Å². The summed E-state index contributed by atoms with van der Waals surface area (Å²) in [6.07, 6.45) is 9.95. The van der Waals surface area contributed by atoms with Crippen LogP contribution in [0.3, 0.4) is 0 Å². The Bertz CT molecular complexity index is 475. The van der Waals surface area contributed by atoms with Crippen LogP contribution in [-0.2, 0) is 20.7 Å². The summed E-state index contributed by atoms with van der Waals surface area (Å²) < 4.78 is 5.11. The molecule has 1 aromatic rings. The first-order chi connectivity index (χ1) is 11.2. The Morgan fingerprint density at radius 1 is 1.00 bits per heavy atom. The molecule has 1 aliphatic carbocycles. The number of aryl methyl sites for hydroxylation is 1. The summed E-state index contributed by atoms with van der Waals surface area (Å²) in [6.45, 7) is -0.0573. The third kappa shape index (κ3) is 7.45. The fourth-order valence-electron chi connectivity index (χ4n) is 3.24. The van der Waals surface area contributed by atoms with Crippen molar-refractivity contribution in [3.8, 4) is 0 Å². The van der Waals surface area contributed by atoms with Gasteiger partial charge in [0.25, 0.3) is 0 Å². The molecule has 0 aliphatic heterocycles. The number of esters is 1. The number of Topliss-reactive ketones (excluding diaryl/α,β-unsaturated/α-hetero) is 1. The molecule has 0 bridgehead atoms. The van der Waals surface area contributed by atoms with Gasteiger partial charge in [-0.3, -0.25) is 9.59 Å². The SMILES string of the molecule is O=C(CCCc1ccccc1)COC(=O)CCC1CCCCC1. The molecule has 2 rings (SSSR count). The lowest BCUT2D eigenvalue weighted by Gasteiger charge is -2.20. The van der Waals surface area contributed by atoms with Crippen molar-refractivity contribution in [2.45, 2.75) is 64.2 Å². The van der Waals surface area contributed by atoms with Gasteiger partial charge >= 0.3 is 5.97 Å². The Morgan fingerprint density at radius 3 is 2.48 bits per heavy atom. The first kappa shape index (κ1) is 17.7. The van der Waals surface area contributed by atoms with Crippen LogP contribution in [0, 0.1) is 5.92 Å². The van der Waals surface area contributed by atoms with E-state index < -0.39 is 0 Å². The molecule has 0 heterocycles. The highest BCUT2D eigenvalue weighted by atomic mass is 16.5. The normalized spacial score (nSPS) is 15.3. The molecule has 23 heavy (non-hydrogen) atoms. The van der Waals surface area contributed by atoms with E-state index in [-0.39, 0.29) is 18.4 Å². The molecule has 0 amide bonds. The van der Waals surface area contributed by atoms with Crippen molar-refractivity contribution in [2.75, 3.05) is 6.61 Å². The van der Waals surface area contributed by atoms with Crippen LogP contribution in [0.1, 0.15) is 63.4 Å². The molecule has 3 nitrogen and oxygen atoms in total. The van der Waals surface area contributed by atoms with Crippen molar-refractivity contribution in [3.05, 3.63) is 35.9 Å². The molecule has 3 heteroatoms. The fraction of sp³-hybridized carbons (Fsp3) is 0.600. The predicted octanol–water partition coefficient (Wildman–Crippen LogP) is 4.48. The summed E-state index contributed by atoms with van der Waals surface area (Å²) in [6, 6.07) is 10.1. The summed E-state index contributed by atoms with van der Waals surface area (Å²) in [5.41, 5.74) is 1.24. The lowest BCUT2D eigenvalue weighted by Crippen LogP contribution is -2.15. The topological polar surface area (TPSA) is 43.4 Å². The van der Waals surface area contributed by atoms with Crippen molar-refractivity contribution >= 4 is 11.8 Å². The Balaban J connectivity index is 1.52. The molecule has 0 N–H and O–H groups in total. The van der Waals surface area contributed by atoms with Crippen molar-refractivity contribution in [3.63, 3.8) is 0 Å². The molecular formula is C20H28O3. The zero-order chi connectivity index (χ0) is 16.3. The molecule has 0 saturated heterocycles. The molecule has 0 unspecified atom stereocenters. The summed E-state index contributed by atoms with van der Waals surface area (Å²) in [4.78, 5) is 23.5. The van der Waals surface area contributed by atoms with Crippen molar-refractivity contribution in [1.29, 1.82) is 0 Å². The van der Waals surface area contributed by atoms with E-state index in [0.717, 1.165) is 19.3 Å². The highest BCUT2D eigenvalue weighted by Crippen LogP contribution is 2.27. The summed E-state index contributed by atoms with van der Waals surface area (Å²) in [5.74, 6) is 0.483. The Hall–Kier alpha value is -1.64. The second-order valence-corrected chi connectivity index (χ2v) is 6.58. The molecule has 0 radical (unpaired) electrons. The number of ether oxygens (including phenoxy) is 1. The minimum absolute atomic E-state index is 0.0203. The van der Waals surface area contributed by atoms with Gasteiger partial charge in [0, 0.05) is 12.8 Å². The highest BCUT2D eigenvalue weighted by molar-refractivity contribution is 5.82. The number of hydrogen-bond acceptors (Lipinski definition) is 3. The number of hydrogen-bond donors (Lipinski definition) is 0. The van der Waals surface area contributed by atoms with Gasteiger partial charge in [-0.15, -0.1) is 0 Å². The van der Waals surface area contributed by atoms with Crippen LogP contribution in [0.4, 0.5) is 0 Å². The lowest BCUT2D eigenvalue weighted by atomic mass is 9.86. The molecule has 1 aromatic carbocycles. The van der Waals surface area contributed by atoms with Gasteiger partial charge in [-0.25, -0.2) is 0 Å². The van der Waals surface area contributed by atoms with Crippen molar-refractivity contribution in [1.82, 2.24) is 0 Å². The summed E-state index contributed by atoms with van der Waals surface area (Å²) in [5, 5.41) is 0. The smallest absolute Gasteiger partial charge is 0.306 e. The van der Waals surface area contributed by atoms with Crippen LogP contribution in [0.25, 0.3) is 0 Å². The average molecular weight is 316 g/mol. The molecule has 1 fully saturated rings. The van der Waals surface area contributed by atoms with Crippen molar-refractivity contribution < 1.29 is 14.3 Å². The summed E-state index contributed by atoms with van der Waals surface area (Å²) in [7, 11) is 0. The number of ketones is 1. The van der Waals surface area contributed by atoms with E-state index in [1.807, 2.05) is 18.2 Å². The zero-order valence-corrected chi connectivity index (χ0v) is 14.0. The number of benzene rings is 1. The Morgan fingerprint density at radius 2 is 1.74 bits per heavy atom. The van der Waals surface area contributed by atoms with Crippen LogP contribution in [0.15, 0.2) is 30.3 Å². The van der Waals surface area contributed by atoms with E-state index in [0.29, 0.717) is 18.8 Å². The molecule has 1 saturated carbocycles. The second-order valence-electron chi connectivity index (χ2n) is 6.58. The van der Waals surface area contributed by atoms with Crippen LogP contribution in [-0.4, -0.2) is 18.4 Å². The highest BCUT2D eigenvalue weighted by Gasteiger charge is 2.15. The van der Waals surface area contributed by atoms with E-state index in [1.165, 1.54) is 37.7 Å². The second kappa shape index (κ2) is 10.2. The quantitative estimate of drug-likeness (QED) is 0.631. The minimum Gasteiger partial charge on any atom is -0.458 e. The van der Waals surface area contributed by atoms with Gasteiger partial charge in [0.1, 0.15) is 6.61 Å².